The predicted octanol–water partition coefficient (Wildman–Crippen LogP) is 1.36. The monoisotopic (exact) mass is 387 g/mol. The Bertz CT molecular complexity index is 963. The minimum Gasteiger partial charge on any atom is -0.318 e. The molecule has 0 aliphatic carbocycles. The lowest BCUT2D eigenvalue weighted by molar-refractivity contribution is -0.136. The van der Waals surface area contributed by atoms with Gasteiger partial charge in [-0.1, -0.05) is 17.7 Å². The summed E-state index contributed by atoms with van der Waals surface area (Å²) in [6, 6.07) is 7.24. The summed E-state index contributed by atoms with van der Waals surface area (Å²) in [6.45, 7) is 1.81. The summed E-state index contributed by atoms with van der Waals surface area (Å²) in [6.07, 6.45) is 0. The molecule has 0 atom stereocenters. The SMILES string of the molecule is Cc1ccc(NC(=O)C(=O)NNS(=O)(=O)c2ccc(F)c(F)c2F)cc1. The highest BCUT2D eigenvalue weighted by Gasteiger charge is 2.25. The lowest BCUT2D eigenvalue weighted by Gasteiger charge is -2.10. The fourth-order valence-corrected chi connectivity index (χ4v) is 2.68. The van der Waals surface area contributed by atoms with E-state index in [0.29, 0.717) is 12.1 Å². The van der Waals surface area contributed by atoms with Crippen LogP contribution in [0.5, 0.6) is 0 Å². The van der Waals surface area contributed by atoms with Gasteiger partial charge in [-0.05, 0) is 31.2 Å². The topological polar surface area (TPSA) is 104 Å². The molecule has 2 amide bonds. The zero-order chi connectivity index (χ0) is 19.5. The van der Waals surface area contributed by atoms with Gasteiger partial charge in [-0.15, -0.1) is 4.83 Å². The van der Waals surface area contributed by atoms with E-state index in [1.807, 2.05) is 6.92 Å². The zero-order valence-electron chi connectivity index (χ0n) is 13.1. The molecule has 2 aromatic rings. The van der Waals surface area contributed by atoms with Gasteiger partial charge in [-0.25, -0.2) is 21.6 Å². The van der Waals surface area contributed by atoms with Crippen molar-refractivity contribution in [2.45, 2.75) is 11.8 Å². The maximum absolute atomic E-state index is 13.5. The van der Waals surface area contributed by atoms with Crippen LogP contribution in [0.25, 0.3) is 0 Å². The number of rotatable bonds is 4. The second-order valence-electron chi connectivity index (χ2n) is 5.05. The third-order valence-electron chi connectivity index (χ3n) is 3.10. The van der Waals surface area contributed by atoms with Crippen molar-refractivity contribution in [3.63, 3.8) is 0 Å². The van der Waals surface area contributed by atoms with Gasteiger partial charge in [0.1, 0.15) is 4.90 Å². The van der Waals surface area contributed by atoms with E-state index in [-0.39, 0.29) is 5.69 Å². The Morgan fingerprint density at radius 1 is 0.885 bits per heavy atom. The second-order valence-corrected chi connectivity index (χ2v) is 6.70. The summed E-state index contributed by atoms with van der Waals surface area (Å²) >= 11 is 0. The molecule has 11 heteroatoms. The Hall–Kier alpha value is -2.92. The van der Waals surface area contributed by atoms with Crippen LogP contribution in [-0.4, -0.2) is 20.2 Å². The van der Waals surface area contributed by atoms with E-state index in [1.54, 1.807) is 17.6 Å². The van der Waals surface area contributed by atoms with Crippen LogP contribution >= 0.6 is 0 Å². The van der Waals surface area contributed by atoms with Crippen molar-refractivity contribution in [1.82, 2.24) is 10.3 Å². The first-order valence-electron chi connectivity index (χ1n) is 6.95. The van der Waals surface area contributed by atoms with Crippen molar-refractivity contribution in [3.8, 4) is 0 Å². The van der Waals surface area contributed by atoms with Gasteiger partial charge in [0.15, 0.2) is 17.5 Å². The molecule has 0 heterocycles. The van der Waals surface area contributed by atoms with Crippen molar-refractivity contribution in [2.24, 2.45) is 0 Å². The van der Waals surface area contributed by atoms with Crippen molar-refractivity contribution < 1.29 is 31.2 Å². The molecule has 0 radical (unpaired) electrons. The van der Waals surface area contributed by atoms with Gasteiger partial charge in [-0.3, -0.25) is 15.0 Å². The van der Waals surface area contributed by atoms with E-state index in [2.05, 4.69) is 5.32 Å². The maximum Gasteiger partial charge on any atom is 0.324 e. The Labute approximate surface area is 146 Å². The van der Waals surface area contributed by atoms with E-state index in [9.17, 15) is 31.2 Å². The van der Waals surface area contributed by atoms with E-state index < -0.39 is 44.2 Å². The third kappa shape index (κ3) is 4.37. The second kappa shape index (κ2) is 7.54. The Kier molecular flexibility index (Phi) is 5.63. The molecule has 26 heavy (non-hydrogen) atoms. The normalized spacial score (nSPS) is 11.1. The van der Waals surface area contributed by atoms with Gasteiger partial charge >= 0.3 is 11.8 Å². The number of sulfonamides is 1. The van der Waals surface area contributed by atoms with Crippen LogP contribution in [0, 0.1) is 24.4 Å². The molecule has 0 saturated carbocycles. The summed E-state index contributed by atoms with van der Waals surface area (Å²) < 4.78 is 63.2. The standard InChI is InChI=1S/C15H12F3N3O4S/c1-8-2-4-9(5-3-8)19-14(22)15(23)20-21-26(24,25)11-7-6-10(16)12(17)13(11)18/h2-7,21H,1H3,(H,19,22)(H,20,23). The summed E-state index contributed by atoms with van der Waals surface area (Å²) in [4.78, 5) is 23.5. The third-order valence-corrected chi connectivity index (χ3v) is 4.37. The molecule has 0 aliphatic heterocycles. The number of hydrazine groups is 1. The zero-order valence-corrected chi connectivity index (χ0v) is 14.0. The summed E-state index contributed by atoms with van der Waals surface area (Å²) in [7, 11) is -4.78. The van der Waals surface area contributed by atoms with Crippen molar-refractivity contribution >= 4 is 27.5 Å². The molecule has 0 fully saturated rings. The van der Waals surface area contributed by atoms with Crippen LogP contribution < -0.4 is 15.6 Å². The van der Waals surface area contributed by atoms with Crippen LogP contribution in [-0.2, 0) is 19.6 Å². The van der Waals surface area contributed by atoms with Gasteiger partial charge < -0.3 is 5.32 Å². The summed E-state index contributed by atoms with van der Waals surface area (Å²) in [5.41, 5.74) is 2.74. The molecule has 7 nitrogen and oxygen atoms in total. The van der Waals surface area contributed by atoms with Crippen LogP contribution in [0.1, 0.15) is 5.56 Å². The van der Waals surface area contributed by atoms with Crippen LogP contribution in [0.4, 0.5) is 18.9 Å². The van der Waals surface area contributed by atoms with Gasteiger partial charge in [-0.2, -0.15) is 0 Å². The first-order valence-corrected chi connectivity index (χ1v) is 8.43. The minimum atomic E-state index is -4.78. The average molecular weight is 387 g/mol. The molecule has 3 N–H and O–H groups in total. The summed E-state index contributed by atoms with van der Waals surface area (Å²) in [5.74, 6) is -8.14. The molecule has 0 saturated heterocycles. The molecule has 0 aliphatic rings. The minimum absolute atomic E-state index is 0.283. The van der Waals surface area contributed by atoms with Crippen LogP contribution in [0.2, 0.25) is 0 Å². The smallest absolute Gasteiger partial charge is 0.318 e. The molecule has 2 aromatic carbocycles. The Morgan fingerprint density at radius 3 is 2.12 bits per heavy atom. The Morgan fingerprint density at radius 2 is 1.50 bits per heavy atom. The number of anilines is 1. The van der Waals surface area contributed by atoms with Crippen LogP contribution in [0.3, 0.4) is 0 Å². The van der Waals surface area contributed by atoms with Crippen molar-refractivity contribution in [3.05, 3.63) is 59.4 Å². The highest BCUT2D eigenvalue weighted by molar-refractivity contribution is 7.89. The molecule has 0 unspecified atom stereocenters. The van der Waals surface area contributed by atoms with E-state index >= 15 is 0 Å². The molecule has 0 spiro atoms. The van der Waals surface area contributed by atoms with Gasteiger partial charge in [0.2, 0.25) is 0 Å². The lowest BCUT2D eigenvalue weighted by atomic mass is 10.2. The largest absolute Gasteiger partial charge is 0.324 e. The molecular weight excluding hydrogens is 375 g/mol. The molecular formula is C15H12F3N3O4S. The number of amides is 2. The molecule has 0 aromatic heterocycles. The predicted molar refractivity (Wildman–Crippen MR) is 84.6 cm³/mol. The van der Waals surface area contributed by atoms with Crippen molar-refractivity contribution in [1.29, 1.82) is 0 Å². The number of nitrogens with one attached hydrogen (secondary N) is 3. The number of hydrogen-bond acceptors (Lipinski definition) is 4. The molecule has 138 valence electrons. The van der Waals surface area contributed by atoms with Crippen molar-refractivity contribution in [2.75, 3.05) is 5.32 Å². The van der Waals surface area contributed by atoms with E-state index in [4.69, 9.17) is 0 Å². The fraction of sp³-hybridized carbons (Fsp3) is 0.0667. The number of hydrogen-bond donors (Lipinski definition) is 3. The van der Waals surface area contributed by atoms with E-state index in [1.165, 1.54) is 17.0 Å². The number of aryl methyl sites for hydroxylation is 1. The molecule has 2 rings (SSSR count). The molecule has 0 bridgehead atoms. The van der Waals surface area contributed by atoms with Gasteiger partial charge in [0, 0.05) is 5.69 Å². The maximum atomic E-state index is 13.5. The summed E-state index contributed by atoms with van der Waals surface area (Å²) in [5, 5.41) is 2.20. The van der Waals surface area contributed by atoms with Gasteiger partial charge in [0.25, 0.3) is 10.0 Å². The fourth-order valence-electron chi connectivity index (χ4n) is 1.77. The first-order chi connectivity index (χ1) is 12.1. The average Bonchev–Trinajstić information content (AvgIpc) is 2.59. The van der Waals surface area contributed by atoms with E-state index in [0.717, 1.165) is 5.56 Å². The lowest BCUT2D eigenvalue weighted by Crippen LogP contribution is -2.46. The number of benzene rings is 2. The first kappa shape index (κ1) is 19.4. The number of carbonyl (C=O) groups excluding carboxylic acids is 2. The van der Waals surface area contributed by atoms with Gasteiger partial charge in [0.05, 0.1) is 0 Å². The quantitative estimate of drug-likeness (QED) is 0.419. The number of carbonyl (C=O) groups is 2. The highest BCUT2D eigenvalue weighted by atomic mass is 32.2. The Balaban J connectivity index is 2.04. The number of halogens is 3. The van der Waals surface area contributed by atoms with Crippen LogP contribution in [0.15, 0.2) is 41.3 Å². The highest BCUT2D eigenvalue weighted by Crippen LogP contribution is 2.19.